The average Bonchev–Trinajstić information content (AvgIpc) is 2.81. The van der Waals surface area contributed by atoms with Crippen LogP contribution < -0.4 is 16.0 Å². The number of rotatable bonds is 8. The highest BCUT2D eigenvalue weighted by Crippen LogP contribution is 2.35. The number of halogens is 4. The first-order valence-corrected chi connectivity index (χ1v) is 11.3. The number of β-amino-alcohol motifs (C(OH)–C–C–N with tert-alkyl or cyclic N) is 1. The van der Waals surface area contributed by atoms with Gasteiger partial charge in [-0.2, -0.15) is 13.2 Å². The second-order valence-corrected chi connectivity index (χ2v) is 8.55. The molecule has 0 saturated heterocycles. The van der Waals surface area contributed by atoms with E-state index in [2.05, 4.69) is 25.9 Å². The van der Waals surface area contributed by atoms with Crippen molar-refractivity contribution < 1.29 is 27.9 Å². The molecular formula is C23H25ClF3N5O3. The highest BCUT2D eigenvalue weighted by Gasteiger charge is 2.32. The monoisotopic (exact) mass is 511 g/mol. The van der Waals surface area contributed by atoms with Crippen LogP contribution in [0.5, 0.6) is 0 Å². The van der Waals surface area contributed by atoms with Crippen LogP contribution in [0.3, 0.4) is 0 Å². The van der Waals surface area contributed by atoms with Crippen LogP contribution in [0.4, 0.5) is 18.9 Å². The lowest BCUT2D eigenvalue weighted by molar-refractivity contribution is -0.137. The summed E-state index contributed by atoms with van der Waals surface area (Å²) >= 11 is 5.87. The van der Waals surface area contributed by atoms with Gasteiger partial charge in [-0.1, -0.05) is 18.5 Å². The number of hydrogen-bond acceptors (Lipinski definition) is 7. The first-order chi connectivity index (χ1) is 16.5. The normalized spacial score (nSPS) is 16.6. The molecule has 2 heterocycles. The van der Waals surface area contributed by atoms with Crippen LogP contribution in [0.2, 0.25) is 5.02 Å². The smallest absolute Gasteiger partial charge is 0.389 e. The number of anilines is 1. The number of pyridine rings is 1. The summed E-state index contributed by atoms with van der Waals surface area (Å²) in [7, 11) is 0. The minimum atomic E-state index is -4.55. The molecular weight excluding hydrogens is 487 g/mol. The number of alkyl halides is 3. The van der Waals surface area contributed by atoms with Crippen LogP contribution >= 0.6 is 11.6 Å². The van der Waals surface area contributed by atoms with Crippen LogP contribution in [0.1, 0.15) is 47.2 Å². The molecule has 0 fully saturated rings. The van der Waals surface area contributed by atoms with E-state index in [1.807, 2.05) is 0 Å². The lowest BCUT2D eigenvalue weighted by Crippen LogP contribution is -2.42. The molecule has 3 rings (SSSR count). The predicted molar refractivity (Wildman–Crippen MR) is 126 cm³/mol. The molecule has 0 spiro atoms. The molecule has 0 saturated carbocycles. The van der Waals surface area contributed by atoms with Crippen LogP contribution in [0.25, 0.3) is 0 Å². The lowest BCUT2D eigenvalue weighted by atomic mass is 9.90. The number of carbonyl (C=O) groups is 2. The number of aliphatic hydroxyl groups is 1. The molecule has 1 aliphatic rings. The Hall–Kier alpha value is -3.18. The maximum Gasteiger partial charge on any atom is 0.416 e. The minimum Gasteiger partial charge on any atom is -0.389 e. The molecule has 2 atom stereocenters. The van der Waals surface area contributed by atoms with Gasteiger partial charge in [0.15, 0.2) is 11.7 Å². The van der Waals surface area contributed by atoms with Crippen molar-refractivity contribution in [2.24, 2.45) is 4.99 Å². The van der Waals surface area contributed by atoms with Gasteiger partial charge in [0.2, 0.25) is 0 Å². The summed E-state index contributed by atoms with van der Waals surface area (Å²) in [5.74, 6) is -0.903. The summed E-state index contributed by atoms with van der Waals surface area (Å²) in [4.78, 5) is 33.1. The van der Waals surface area contributed by atoms with Crippen molar-refractivity contribution in [3.8, 4) is 0 Å². The molecule has 2 aromatic rings. The van der Waals surface area contributed by atoms with Crippen molar-refractivity contribution in [3.05, 3.63) is 58.4 Å². The number of nitrogens with one attached hydrogen (secondary N) is 3. The Morgan fingerprint density at radius 1 is 1.26 bits per heavy atom. The van der Waals surface area contributed by atoms with E-state index >= 15 is 0 Å². The number of ketones is 1. The van der Waals surface area contributed by atoms with Gasteiger partial charge < -0.3 is 21.1 Å². The van der Waals surface area contributed by atoms with Crippen molar-refractivity contribution >= 4 is 34.9 Å². The summed E-state index contributed by atoms with van der Waals surface area (Å²) in [5, 5.41) is 17.8. The molecule has 1 unspecified atom stereocenters. The van der Waals surface area contributed by atoms with E-state index in [4.69, 9.17) is 11.6 Å². The van der Waals surface area contributed by atoms with Gasteiger partial charge in [-0.25, -0.2) is 0 Å². The van der Waals surface area contributed by atoms with E-state index in [1.165, 1.54) is 24.5 Å². The molecule has 12 heteroatoms. The molecule has 8 nitrogen and oxygen atoms in total. The predicted octanol–water partition coefficient (Wildman–Crippen LogP) is 3.37. The summed E-state index contributed by atoms with van der Waals surface area (Å²) < 4.78 is 39.4. The maximum atomic E-state index is 13.1. The first kappa shape index (κ1) is 26.4. The third-order valence-corrected chi connectivity index (χ3v) is 5.58. The minimum absolute atomic E-state index is 0.0500. The van der Waals surface area contributed by atoms with E-state index in [0.717, 1.165) is 12.1 Å². The first-order valence-electron chi connectivity index (χ1n) is 10.9. The topological polar surface area (TPSA) is 116 Å². The Kier molecular flexibility index (Phi) is 8.68. The number of carbonyl (C=O) groups excluding carboxylic acids is 2. The fraction of sp³-hybridized carbons (Fsp3) is 0.391. The van der Waals surface area contributed by atoms with Crippen LogP contribution in [0.15, 0.2) is 41.7 Å². The SMILES string of the molecule is CC[C@H](CC(=O)CNC(=O)c1cncc(NC2=NCC(O)CN2)c1)c1cc(Cl)cc(C(F)(F)F)c1. The van der Waals surface area contributed by atoms with E-state index in [0.29, 0.717) is 30.2 Å². The third kappa shape index (κ3) is 7.66. The Morgan fingerprint density at radius 3 is 2.69 bits per heavy atom. The average molecular weight is 512 g/mol. The molecule has 35 heavy (non-hydrogen) atoms. The fourth-order valence-corrected chi connectivity index (χ4v) is 3.77. The molecule has 0 radical (unpaired) electrons. The third-order valence-electron chi connectivity index (χ3n) is 5.36. The number of hydrogen-bond donors (Lipinski definition) is 4. The van der Waals surface area contributed by atoms with Gasteiger partial charge in [0, 0.05) is 24.2 Å². The summed E-state index contributed by atoms with van der Waals surface area (Å²) in [5.41, 5.74) is 0.141. The van der Waals surface area contributed by atoms with Crippen LogP contribution in [0, 0.1) is 0 Å². The van der Waals surface area contributed by atoms with E-state index in [9.17, 15) is 27.9 Å². The molecule has 0 aliphatic carbocycles. The Bertz CT molecular complexity index is 1110. The number of aliphatic hydroxyl groups excluding tert-OH is 1. The number of amides is 1. The summed E-state index contributed by atoms with van der Waals surface area (Å²) in [6, 6.07) is 4.80. The van der Waals surface area contributed by atoms with Gasteiger partial charge in [-0.15, -0.1) is 0 Å². The number of aromatic nitrogens is 1. The van der Waals surface area contributed by atoms with Crippen LogP contribution in [-0.4, -0.2) is 53.5 Å². The second kappa shape index (κ2) is 11.5. The van der Waals surface area contributed by atoms with Gasteiger partial charge in [0.05, 0.1) is 42.2 Å². The Labute approximate surface area is 205 Å². The van der Waals surface area contributed by atoms with Crippen molar-refractivity contribution in [3.63, 3.8) is 0 Å². The number of Topliss-reactive ketones (excluding diaryl/α,β-unsaturated/α-hetero) is 1. The van der Waals surface area contributed by atoms with E-state index in [-0.39, 0.29) is 35.9 Å². The highest BCUT2D eigenvalue weighted by atomic mass is 35.5. The van der Waals surface area contributed by atoms with Gasteiger partial charge >= 0.3 is 6.18 Å². The molecule has 1 aliphatic heterocycles. The Morgan fingerprint density at radius 2 is 2.03 bits per heavy atom. The molecule has 1 aromatic carbocycles. The molecule has 1 amide bonds. The van der Waals surface area contributed by atoms with E-state index in [1.54, 1.807) is 6.92 Å². The van der Waals surface area contributed by atoms with E-state index < -0.39 is 29.7 Å². The fourth-order valence-electron chi connectivity index (χ4n) is 3.52. The second-order valence-electron chi connectivity index (χ2n) is 8.11. The quantitative estimate of drug-likeness (QED) is 0.432. The maximum absolute atomic E-state index is 13.1. The lowest BCUT2D eigenvalue weighted by Gasteiger charge is -2.19. The van der Waals surface area contributed by atoms with Gasteiger partial charge in [0.1, 0.15) is 0 Å². The zero-order chi connectivity index (χ0) is 25.6. The number of benzene rings is 1. The number of nitrogens with zero attached hydrogens (tertiary/aromatic N) is 2. The van der Waals surface area contributed by atoms with Crippen molar-refractivity contribution in [2.45, 2.75) is 38.0 Å². The van der Waals surface area contributed by atoms with Gasteiger partial charge in [-0.3, -0.25) is 19.6 Å². The Balaban J connectivity index is 1.58. The van der Waals surface area contributed by atoms with Gasteiger partial charge in [-0.05, 0) is 42.2 Å². The molecule has 188 valence electrons. The highest BCUT2D eigenvalue weighted by molar-refractivity contribution is 6.30. The zero-order valence-corrected chi connectivity index (χ0v) is 19.6. The van der Waals surface area contributed by atoms with Crippen molar-refractivity contribution in [2.75, 3.05) is 25.0 Å². The summed E-state index contributed by atoms with van der Waals surface area (Å²) in [6.07, 6.45) is -1.91. The zero-order valence-electron chi connectivity index (χ0n) is 18.8. The van der Waals surface area contributed by atoms with Crippen molar-refractivity contribution in [1.29, 1.82) is 0 Å². The van der Waals surface area contributed by atoms with Crippen molar-refractivity contribution in [1.82, 2.24) is 15.6 Å². The molecule has 0 bridgehead atoms. The van der Waals surface area contributed by atoms with Crippen LogP contribution in [-0.2, 0) is 11.0 Å². The number of aliphatic imine (C=N–C) groups is 1. The largest absolute Gasteiger partial charge is 0.416 e. The van der Waals surface area contributed by atoms with Gasteiger partial charge in [0.25, 0.3) is 5.91 Å². The summed E-state index contributed by atoms with van der Waals surface area (Å²) in [6.45, 7) is 2.07. The standard InChI is InChI=1S/C23H25ClF3N5O3/c1-2-13(14-3-16(23(25,26)27)7-17(24)4-14)6-19(33)10-29-21(35)15-5-18(9-28-8-15)32-22-30-11-20(34)12-31-22/h3-5,7-9,13,20,34H,2,6,10-12H2,1H3,(H,29,35)(H2,30,31,32)/t13-/m1/s1. The molecule has 4 N–H and O–H groups in total. The molecule has 1 aromatic heterocycles. The number of guanidine groups is 1.